The second kappa shape index (κ2) is 6.22. The zero-order valence-corrected chi connectivity index (χ0v) is 15.5. The van der Waals surface area contributed by atoms with Gasteiger partial charge in [0.1, 0.15) is 5.69 Å². The van der Waals surface area contributed by atoms with E-state index in [-0.39, 0.29) is 11.1 Å². The summed E-state index contributed by atoms with van der Waals surface area (Å²) in [6.07, 6.45) is 9.23. The summed E-state index contributed by atoms with van der Waals surface area (Å²) in [7, 11) is 0. The van der Waals surface area contributed by atoms with Gasteiger partial charge in [0.15, 0.2) is 5.43 Å². The Morgan fingerprint density at radius 3 is 2.65 bits per heavy atom. The lowest BCUT2D eigenvalue weighted by atomic mass is 9.49. The predicted molar refractivity (Wildman–Crippen MR) is 102 cm³/mol. The van der Waals surface area contributed by atoms with Crippen LogP contribution in [0.25, 0.3) is 10.9 Å². The van der Waals surface area contributed by atoms with Crippen molar-refractivity contribution in [3.05, 3.63) is 39.9 Å². The molecule has 2 aromatic heterocycles. The summed E-state index contributed by atoms with van der Waals surface area (Å²) >= 11 is 0. The Kier molecular flexibility index (Phi) is 4.13. The number of carbonyl (C=O) groups excluding carboxylic acids is 1. The van der Waals surface area contributed by atoms with Gasteiger partial charge in [-0.25, -0.2) is 0 Å². The maximum atomic E-state index is 12.7. The van der Waals surface area contributed by atoms with Gasteiger partial charge in [0.25, 0.3) is 5.91 Å². The number of rotatable bonds is 3. The molecule has 2 atom stereocenters. The standard InChI is InChI=1S/C21H27N3O2/c1-21(2)11-13(18(21)12-6-4-3-5-7-12)15-10-16(25)17-14(24-15)8-9-23-19(17)20(22)26/h8-10,12-13,18H,3-7,11H2,1-2H3,(H2,22,26)(H,24,25). The van der Waals surface area contributed by atoms with Crippen molar-refractivity contribution in [1.82, 2.24) is 9.97 Å². The number of amides is 1. The Balaban J connectivity index is 1.75. The quantitative estimate of drug-likeness (QED) is 0.881. The molecule has 2 unspecified atom stereocenters. The Morgan fingerprint density at radius 2 is 2.00 bits per heavy atom. The van der Waals surface area contributed by atoms with Crippen molar-refractivity contribution in [3.8, 4) is 0 Å². The van der Waals surface area contributed by atoms with Crippen LogP contribution in [0, 0.1) is 17.3 Å². The van der Waals surface area contributed by atoms with Crippen LogP contribution < -0.4 is 11.2 Å². The molecule has 0 saturated heterocycles. The van der Waals surface area contributed by atoms with E-state index in [0.29, 0.717) is 28.2 Å². The van der Waals surface area contributed by atoms with Crippen LogP contribution in [0.5, 0.6) is 0 Å². The van der Waals surface area contributed by atoms with E-state index < -0.39 is 5.91 Å². The molecule has 2 aromatic rings. The normalized spacial score (nSPS) is 25.8. The molecule has 5 heteroatoms. The fraction of sp³-hybridized carbons (Fsp3) is 0.571. The van der Waals surface area contributed by atoms with Gasteiger partial charge in [-0.1, -0.05) is 46.0 Å². The maximum Gasteiger partial charge on any atom is 0.268 e. The topological polar surface area (TPSA) is 88.8 Å². The Morgan fingerprint density at radius 1 is 1.27 bits per heavy atom. The largest absolute Gasteiger partial charge is 0.364 e. The zero-order valence-electron chi connectivity index (χ0n) is 15.5. The van der Waals surface area contributed by atoms with Crippen LogP contribution in [0.1, 0.15) is 74.5 Å². The summed E-state index contributed by atoms with van der Waals surface area (Å²) in [4.78, 5) is 31.8. The van der Waals surface area contributed by atoms with Gasteiger partial charge >= 0.3 is 0 Å². The molecule has 2 saturated carbocycles. The number of pyridine rings is 2. The highest BCUT2D eigenvalue weighted by atomic mass is 16.1. The molecular formula is C21H27N3O2. The lowest BCUT2D eigenvalue weighted by molar-refractivity contribution is -0.0248. The fourth-order valence-corrected chi connectivity index (χ4v) is 5.58. The maximum absolute atomic E-state index is 12.7. The summed E-state index contributed by atoms with van der Waals surface area (Å²) in [6, 6.07) is 3.43. The van der Waals surface area contributed by atoms with Gasteiger partial charge in [0, 0.05) is 23.9 Å². The number of nitrogens with zero attached hydrogens (tertiary/aromatic N) is 1. The van der Waals surface area contributed by atoms with Gasteiger partial charge in [-0.2, -0.15) is 0 Å². The molecule has 1 amide bonds. The number of primary amides is 1. The van der Waals surface area contributed by atoms with Crippen LogP contribution in [0.3, 0.4) is 0 Å². The molecule has 0 spiro atoms. The predicted octanol–water partition coefficient (Wildman–Crippen LogP) is 3.73. The number of H-pyrrole nitrogens is 1. The number of carbonyl (C=O) groups is 1. The van der Waals surface area contributed by atoms with Crippen molar-refractivity contribution in [3.63, 3.8) is 0 Å². The van der Waals surface area contributed by atoms with Gasteiger partial charge in [0.2, 0.25) is 0 Å². The van der Waals surface area contributed by atoms with Gasteiger partial charge in [-0.05, 0) is 29.7 Å². The average Bonchev–Trinajstić information content (AvgIpc) is 2.60. The molecule has 3 N–H and O–H groups in total. The van der Waals surface area contributed by atoms with Crippen molar-refractivity contribution in [2.45, 2.75) is 58.3 Å². The van der Waals surface area contributed by atoms with E-state index in [4.69, 9.17) is 5.73 Å². The molecule has 0 aliphatic heterocycles. The molecule has 2 heterocycles. The third-order valence-corrected chi connectivity index (χ3v) is 6.64. The minimum Gasteiger partial charge on any atom is -0.364 e. The molecule has 2 fully saturated rings. The van der Waals surface area contributed by atoms with Gasteiger partial charge in [0.05, 0.1) is 10.9 Å². The van der Waals surface area contributed by atoms with E-state index in [9.17, 15) is 9.59 Å². The van der Waals surface area contributed by atoms with Crippen LogP contribution in [0.15, 0.2) is 23.1 Å². The smallest absolute Gasteiger partial charge is 0.268 e. The van der Waals surface area contributed by atoms with Crippen molar-refractivity contribution >= 4 is 16.8 Å². The monoisotopic (exact) mass is 353 g/mol. The van der Waals surface area contributed by atoms with Gasteiger partial charge < -0.3 is 10.7 Å². The minimum absolute atomic E-state index is 0.0491. The van der Waals surface area contributed by atoms with Crippen molar-refractivity contribution < 1.29 is 4.79 Å². The molecule has 2 aliphatic rings. The highest BCUT2D eigenvalue weighted by Crippen LogP contribution is 2.60. The van der Waals surface area contributed by atoms with Gasteiger partial charge in [-0.15, -0.1) is 0 Å². The van der Waals surface area contributed by atoms with Crippen LogP contribution in [0.2, 0.25) is 0 Å². The molecule has 138 valence electrons. The molecule has 0 bridgehead atoms. The van der Waals surface area contributed by atoms with E-state index in [0.717, 1.165) is 18.0 Å². The van der Waals surface area contributed by atoms with Crippen LogP contribution in [0.4, 0.5) is 0 Å². The lowest BCUT2D eigenvalue weighted by Crippen LogP contribution is -2.47. The highest BCUT2D eigenvalue weighted by molar-refractivity contribution is 6.03. The summed E-state index contributed by atoms with van der Waals surface area (Å²) in [6.45, 7) is 4.72. The second-order valence-corrected chi connectivity index (χ2v) is 8.76. The number of hydrogen-bond donors (Lipinski definition) is 2. The van der Waals surface area contributed by atoms with Crippen molar-refractivity contribution in [1.29, 1.82) is 0 Å². The molecular weight excluding hydrogens is 326 g/mol. The van der Waals surface area contributed by atoms with Crippen LogP contribution in [-0.4, -0.2) is 15.9 Å². The molecule has 0 aromatic carbocycles. The Labute approximate surface area is 153 Å². The summed E-state index contributed by atoms with van der Waals surface area (Å²) < 4.78 is 0. The SMILES string of the molecule is CC1(C)CC(c2cc(=O)c3c(C(N)=O)nccc3[nH]2)C1C1CCCCC1. The first-order chi connectivity index (χ1) is 12.4. The average molecular weight is 353 g/mol. The first kappa shape index (κ1) is 17.3. The Bertz CT molecular complexity index is 909. The summed E-state index contributed by atoms with van der Waals surface area (Å²) in [5, 5.41) is 0.302. The Hall–Kier alpha value is -2.17. The molecule has 26 heavy (non-hydrogen) atoms. The molecule has 4 rings (SSSR count). The molecule has 5 nitrogen and oxygen atoms in total. The zero-order chi connectivity index (χ0) is 18.5. The highest BCUT2D eigenvalue weighted by Gasteiger charge is 2.51. The van der Waals surface area contributed by atoms with Crippen LogP contribution in [-0.2, 0) is 0 Å². The van der Waals surface area contributed by atoms with Gasteiger partial charge in [-0.3, -0.25) is 14.6 Å². The number of aromatic nitrogens is 2. The van der Waals surface area contributed by atoms with Crippen LogP contribution >= 0.6 is 0 Å². The first-order valence-corrected chi connectivity index (χ1v) is 9.70. The van der Waals surface area contributed by atoms with E-state index >= 15 is 0 Å². The van der Waals surface area contributed by atoms with E-state index in [1.54, 1.807) is 12.1 Å². The number of fused-ring (bicyclic) bond motifs is 1. The molecule has 2 aliphatic carbocycles. The number of nitrogens with one attached hydrogen (secondary N) is 1. The minimum atomic E-state index is -0.668. The van der Waals surface area contributed by atoms with Crippen molar-refractivity contribution in [2.75, 3.05) is 0 Å². The lowest BCUT2D eigenvalue weighted by Gasteiger charge is -2.56. The number of hydrogen-bond acceptors (Lipinski definition) is 3. The fourth-order valence-electron chi connectivity index (χ4n) is 5.58. The number of nitrogens with two attached hydrogens (primary N) is 1. The molecule has 0 radical (unpaired) electrons. The third-order valence-electron chi connectivity index (χ3n) is 6.64. The first-order valence-electron chi connectivity index (χ1n) is 9.70. The van der Waals surface area contributed by atoms with E-state index in [1.165, 1.54) is 38.3 Å². The third kappa shape index (κ3) is 2.74. The number of aromatic amines is 1. The van der Waals surface area contributed by atoms with E-state index in [1.807, 2.05) is 0 Å². The summed E-state index contributed by atoms with van der Waals surface area (Å²) in [5.74, 6) is 1.07. The van der Waals surface area contributed by atoms with E-state index in [2.05, 4.69) is 23.8 Å². The second-order valence-electron chi connectivity index (χ2n) is 8.76. The summed E-state index contributed by atoms with van der Waals surface area (Å²) in [5.41, 5.74) is 7.24. The van der Waals surface area contributed by atoms with Crippen molar-refractivity contribution in [2.24, 2.45) is 23.0 Å².